The van der Waals surface area contributed by atoms with Gasteiger partial charge in [-0.05, 0) is 109 Å². The molecule has 0 aliphatic heterocycles. The van der Waals surface area contributed by atoms with E-state index >= 15 is 0 Å². The van der Waals surface area contributed by atoms with Crippen molar-refractivity contribution in [1.29, 1.82) is 0 Å². The summed E-state index contributed by atoms with van der Waals surface area (Å²) in [5.41, 5.74) is 0. The lowest BCUT2D eigenvalue weighted by atomic mass is 10.1. The van der Waals surface area contributed by atoms with Crippen molar-refractivity contribution in [2.45, 2.75) is 225 Å². The number of carbonyl (C=O) groups is 1. The van der Waals surface area contributed by atoms with Crippen molar-refractivity contribution < 1.29 is 37.3 Å². The highest BCUT2D eigenvalue weighted by atomic mass is 31.2. The minimum absolute atomic E-state index is 0.0742. The predicted molar refractivity (Wildman–Crippen MR) is 316 cm³/mol. The van der Waals surface area contributed by atoms with E-state index in [1.807, 2.05) is 21.1 Å². The third kappa shape index (κ3) is 59.7. The van der Waals surface area contributed by atoms with Crippen molar-refractivity contribution in [3.63, 3.8) is 0 Å². The molecule has 2 atom stereocenters. The molecule has 0 spiro atoms. The first-order valence-corrected chi connectivity index (χ1v) is 30.8. The molecule has 0 rings (SSSR count). The SMILES string of the molecule is CC/C=C\C/C=C\C/C=C\C/C=C\C/C=C\C/C=C\C/C=C\CCCCCC(=O)OC(COCCCCCCCCCCCCC/C=C\C/C=C\C/C=C\CCCCCCC)COP(=O)(O)OCC[N+](C)(C)C. The number of unbranched alkanes of at least 4 members (excludes halogenated alkanes) is 19. The van der Waals surface area contributed by atoms with Gasteiger partial charge >= 0.3 is 13.8 Å². The number of hydrogen-bond acceptors (Lipinski definition) is 6. The first-order valence-electron chi connectivity index (χ1n) is 29.3. The van der Waals surface area contributed by atoms with Crippen LogP contribution in [0.25, 0.3) is 0 Å². The second-order valence-electron chi connectivity index (χ2n) is 20.3. The van der Waals surface area contributed by atoms with E-state index in [4.69, 9.17) is 18.5 Å². The Balaban J connectivity index is 4.19. The highest BCUT2D eigenvalue weighted by Gasteiger charge is 2.26. The zero-order valence-corrected chi connectivity index (χ0v) is 48.5. The van der Waals surface area contributed by atoms with Crippen LogP contribution in [0.2, 0.25) is 0 Å². The van der Waals surface area contributed by atoms with Crippen LogP contribution in [0.15, 0.2) is 122 Å². The Labute approximate surface area is 450 Å². The van der Waals surface area contributed by atoms with Gasteiger partial charge in [0.1, 0.15) is 19.3 Å². The van der Waals surface area contributed by atoms with E-state index in [-0.39, 0.29) is 32.2 Å². The molecular formula is C64H111NO7P+. The van der Waals surface area contributed by atoms with Crippen LogP contribution in [0, 0.1) is 0 Å². The first kappa shape index (κ1) is 69.9. The van der Waals surface area contributed by atoms with E-state index in [0.29, 0.717) is 17.6 Å². The maximum Gasteiger partial charge on any atom is 0.472 e. The molecule has 0 aliphatic rings. The molecule has 1 N–H and O–H groups in total. The van der Waals surface area contributed by atoms with Gasteiger partial charge in [0.2, 0.25) is 0 Å². The monoisotopic (exact) mass is 1040 g/mol. The fraction of sp³-hybridized carbons (Fsp3) is 0.672. The number of hydrogen-bond donors (Lipinski definition) is 1. The lowest BCUT2D eigenvalue weighted by molar-refractivity contribution is -0.870. The molecule has 8 nitrogen and oxygen atoms in total. The summed E-state index contributed by atoms with van der Waals surface area (Å²) in [4.78, 5) is 23.1. The third-order valence-corrected chi connectivity index (χ3v) is 13.0. The summed E-state index contributed by atoms with van der Waals surface area (Å²) < 4.78 is 35.2. The molecule has 0 amide bonds. The lowest BCUT2D eigenvalue weighted by Crippen LogP contribution is -2.37. The van der Waals surface area contributed by atoms with Crippen molar-refractivity contribution in [2.24, 2.45) is 0 Å². The molecule has 0 saturated carbocycles. The molecule has 0 aliphatic carbocycles. The van der Waals surface area contributed by atoms with Crippen molar-refractivity contribution in [2.75, 3.05) is 54.1 Å². The van der Waals surface area contributed by atoms with Crippen molar-refractivity contribution in [3.05, 3.63) is 122 Å². The van der Waals surface area contributed by atoms with E-state index in [9.17, 15) is 14.3 Å². The Bertz CT molecular complexity index is 1580. The number of nitrogens with zero attached hydrogens (tertiary/aromatic N) is 1. The highest BCUT2D eigenvalue weighted by Crippen LogP contribution is 2.43. The van der Waals surface area contributed by atoms with E-state index in [1.165, 1.54) is 103 Å². The van der Waals surface area contributed by atoms with Crippen LogP contribution in [0.3, 0.4) is 0 Å². The molecule has 0 saturated heterocycles. The molecule has 0 aromatic carbocycles. The zero-order chi connectivity index (χ0) is 53.3. The number of esters is 1. The Morgan fingerprint density at radius 3 is 1.19 bits per heavy atom. The zero-order valence-electron chi connectivity index (χ0n) is 47.6. The largest absolute Gasteiger partial charge is 0.472 e. The van der Waals surface area contributed by atoms with Crippen LogP contribution < -0.4 is 0 Å². The quantitative estimate of drug-likeness (QED) is 0.0213. The molecule has 0 radical (unpaired) electrons. The molecule has 0 bridgehead atoms. The van der Waals surface area contributed by atoms with Gasteiger partial charge in [0.15, 0.2) is 0 Å². The lowest BCUT2D eigenvalue weighted by Gasteiger charge is -2.24. The second kappa shape index (κ2) is 55.1. The summed E-state index contributed by atoms with van der Waals surface area (Å²) in [6, 6.07) is 0. The van der Waals surface area contributed by atoms with Gasteiger partial charge < -0.3 is 18.9 Å². The average molecular weight is 1040 g/mol. The van der Waals surface area contributed by atoms with Gasteiger partial charge in [-0.15, -0.1) is 0 Å². The van der Waals surface area contributed by atoms with Crippen LogP contribution in [-0.4, -0.2) is 75.6 Å². The van der Waals surface area contributed by atoms with E-state index in [0.717, 1.165) is 96.3 Å². The molecule has 0 aromatic heterocycles. The number of allylic oxidation sites excluding steroid dienone is 20. The van der Waals surface area contributed by atoms with Crippen LogP contribution in [0.4, 0.5) is 0 Å². The normalized spacial score (nSPS) is 14.3. The number of rotatable bonds is 53. The standard InChI is InChI=1S/C64H110NO7P/c1-6-8-10-12-14-16-18-20-22-24-26-28-30-32-34-36-38-40-42-44-46-48-50-52-54-56-59-69-61-63(62-71-73(67,68)70-60-58-65(3,4)5)72-64(66)57-55-53-51-49-47-45-43-41-39-37-35-33-31-29-27-25-23-21-19-17-15-13-11-9-7-2/h9,11,15,17-18,20-21,23-24,26-27,29-30,32-33,35,39,41,45,47,63H,6-8,10,12-14,16,19,22,25,28,31,34,36-38,40,42-44,46,48-62H2,1-5H3/p+1/b11-9-,17-15-,20-18-,23-21-,26-24-,29-27-,32-30-,35-33-,41-39-,47-45-. The van der Waals surface area contributed by atoms with Crippen molar-refractivity contribution in [3.8, 4) is 0 Å². The molecule has 0 fully saturated rings. The number of quaternary nitrogens is 1. The predicted octanol–water partition coefficient (Wildman–Crippen LogP) is 18.8. The Morgan fingerprint density at radius 1 is 0.438 bits per heavy atom. The molecule has 9 heteroatoms. The number of ether oxygens (including phenoxy) is 2. The van der Waals surface area contributed by atoms with Crippen LogP contribution in [0.5, 0.6) is 0 Å². The molecule has 0 aromatic rings. The fourth-order valence-electron chi connectivity index (χ4n) is 7.54. The van der Waals surface area contributed by atoms with Gasteiger partial charge in [0.25, 0.3) is 0 Å². The van der Waals surface area contributed by atoms with E-state index in [2.05, 4.69) is 135 Å². The molecule has 73 heavy (non-hydrogen) atoms. The summed E-state index contributed by atoms with van der Waals surface area (Å²) in [7, 11) is 1.63. The Morgan fingerprint density at radius 2 is 0.795 bits per heavy atom. The Hall–Kier alpha value is -3.10. The third-order valence-electron chi connectivity index (χ3n) is 12.0. The molecular weight excluding hydrogens is 926 g/mol. The molecule has 2 unspecified atom stereocenters. The van der Waals surface area contributed by atoms with Gasteiger partial charge in [-0.25, -0.2) is 4.57 Å². The smallest absolute Gasteiger partial charge is 0.457 e. The summed E-state index contributed by atoms with van der Waals surface area (Å²) in [6.07, 6.45) is 79.8. The number of likely N-dealkylation sites (N-methyl/N-ethyl adjacent to an activating group) is 1. The highest BCUT2D eigenvalue weighted by molar-refractivity contribution is 7.47. The van der Waals surface area contributed by atoms with E-state index < -0.39 is 13.9 Å². The fourth-order valence-corrected chi connectivity index (χ4v) is 8.28. The molecule has 0 heterocycles. The van der Waals surface area contributed by atoms with E-state index in [1.54, 1.807) is 0 Å². The minimum Gasteiger partial charge on any atom is -0.457 e. The van der Waals surface area contributed by atoms with Gasteiger partial charge in [-0.2, -0.15) is 0 Å². The summed E-state index contributed by atoms with van der Waals surface area (Å²) in [6.45, 7) is 5.43. The van der Waals surface area contributed by atoms with Gasteiger partial charge in [0, 0.05) is 13.0 Å². The topological polar surface area (TPSA) is 91.3 Å². The van der Waals surface area contributed by atoms with Crippen LogP contribution in [0.1, 0.15) is 219 Å². The summed E-state index contributed by atoms with van der Waals surface area (Å²) in [5, 5.41) is 0. The number of phosphoric acid groups is 1. The average Bonchev–Trinajstić information content (AvgIpc) is 3.35. The number of carbonyl (C=O) groups excluding carboxylic acids is 1. The Kier molecular flexibility index (Phi) is 52.8. The van der Waals surface area contributed by atoms with Crippen molar-refractivity contribution >= 4 is 13.8 Å². The summed E-state index contributed by atoms with van der Waals surface area (Å²) in [5.74, 6) is -0.349. The maximum absolute atomic E-state index is 12.8. The van der Waals surface area contributed by atoms with Gasteiger partial charge in [-0.1, -0.05) is 225 Å². The van der Waals surface area contributed by atoms with Crippen LogP contribution in [-0.2, 0) is 27.9 Å². The van der Waals surface area contributed by atoms with Crippen molar-refractivity contribution in [1.82, 2.24) is 0 Å². The van der Waals surface area contributed by atoms with Gasteiger partial charge in [-0.3, -0.25) is 13.8 Å². The molecule has 418 valence electrons. The first-order chi connectivity index (χ1) is 35.6. The summed E-state index contributed by atoms with van der Waals surface area (Å²) >= 11 is 0. The van der Waals surface area contributed by atoms with Gasteiger partial charge in [0.05, 0.1) is 34.4 Å². The number of phosphoric ester groups is 1. The minimum atomic E-state index is -4.31. The maximum atomic E-state index is 12.8. The van der Waals surface area contributed by atoms with Crippen LogP contribution >= 0.6 is 7.82 Å². The second-order valence-corrected chi connectivity index (χ2v) is 21.7.